The number of carbonyl (C=O) groups excluding carboxylic acids is 1. The average Bonchev–Trinajstić information content (AvgIpc) is 2.80. The second-order valence-electron chi connectivity index (χ2n) is 8.40. The zero-order valence-electron chi connectivity index (χ0n) is 19.1. The molecular formula is C24H25NO8. The number of methoxy groups -OCH3 is 3. The highest BCUT2D eigenvalue weighted by Crippen LogP contribution is 2.45. The summed E-state index contributed by atoms with van der Waals surface area (Å²) < 4.78 is 27.9. The van der Waals surface area contributed by atoms with Crippen LogP contribution in [0.1, 0.15) is 35.3 Å². The van der Waals surface area contributed by atoms with Gasteiger partial charge in [-0.1, -0.05) is 0 Å². The Labute approximate surface area is 191 Å². The Hall–Kier alpha value is -3.75. The number of hydrogen-bond acceptors (Lipinski definition) is 8. The van der Waals surface area contributed by atoms with Crippen molar-refractivity contribution in [2.75, 3.05) is 27.9 Å². The Morgan fingerprint density at radius 1 is 1.09 bits per heavy atom. The summed E-state index contributed by atoms with van der Waals surface area (Å²) in [4.78, 5) is 25.0. The molecule has 33 heavy (non-hydrogen) atoms. The molecule has 0 amide bonds. The second kappa shape index (κ2) is 8.31. The molecule has 9 heteroatoms. The van der Waals surface area contributed by atoms with Gasteiger partial charge >= 0.3 is 0 Å². The maximum Gasteiger partial charge on any atom is 0.287 e. The van der Waals surface area contributed by atoms with Gasteiger partial charge in [0.25, 0.3) is 5.69 Å². The first-order valence-corrected chi connectivity index (χ1v) is 10.4. The molecule has 0 bridgehead atoms. The largest absolute Gasteiger partial charge is 0.495 e. The number of nitrogens with zero attached hydrogens (tertiary/aromatic N) is 1. The van der Waals surface area contributed by atoms with Crippen molar-refractivity contribution in [3.8, 4) is 28.7 Å². The fourth-order valence-corrected chi connectivity index (χ4v) is 4.16. The minimum Gasteiger partial charge on any atom is -0.495 e. The number of ketones is 1. The van der Waals surface area contributed by atoms with Crippen molar-refractivity contribution in [2.45, 2.75) is 25.9 Å². The molecule has 0 spiro atoms. The monoisotopic (exact) mass is 455 g/mol. The maximum absolute atomic E-state index is 13.6. The van der Waals surface area contributed by atoms with E-state index in [1.165, 1.54) is 27.4 Å². The van der Waals surface area contributed by atoms with Gasteiger partial charge in [0.2, 0.25) is 0 Å². The summed E-state index contributed by atoms with van der Waals surface area (Å²) in [6.45, 7) is 3.74. The van der Waals surface area contributed by atoms with Crippen LogP contribution in [0.5, 0.6) is 28.7 Å². The molecule has 2 aromatic rings. The highest BCUT2D eigenvalue weighted by molar-refractivity contribution is 6.06. The quantitative estimate of drug-likeness (QED) is 0.362. The van der Waals surface area contributed by atoms with Crippen LogP contribution >= 0.6 is 0 Å². The van der Waals surface area contributed by atoms with E-state index in [0.717, 1.165) is 5.56 Å². The molecule has 4 rings (SSSR count). The van der Waals surface area contributed by atoms with E-state index < -0.39 is 22.2 Å². The molecule has 0 fully saturated rings. The van der Waals surface area contributed by atoms with Gasteiger partial charge in [0.1, 0.15) is 28.4 Å². The molecule has 0 saturated carbocycles. The molecule has 1 unspecified atom stereocenters. The molecule has 2 aliphatic rings. The van der Waals surface area contributed by atoms with E-state index in [1.54, 1.807) is 18.2 Å². The van der Waals surface area contributed by atoms with Crippen molar-refractivity contribution < 1.29 is 33.4 Å². The lowest BCUT2D eigenvalue weighted by atomic mass is 9.87. The Morgan fingerprint density at radius 3 is 2.42 bits per heavy atom. The van der Waals surface area contributed by atoms with Crippen LogP contribution in [0.2, 0.25) is 0 Å². The zero-order chi connectivity index (χ0) is 23.9. The molecule has 2 heterocycles. The summed E-state index contributed by atoms with van der Waals surface area (Å²) in [5.41, 5.74) is 0.154. The minimum atomic E-state index is -0.647. The van der Waals surface area contributed by atoms with Crippen molar-refractivity contribution in [3.63, 3.8) is 0 Å². The lowest BCUT2D eigenvalue weighted by molar-refractivity contribution is -0.385. The van der Waals surface area contributed by atoms with E-state index in [0.29, 0.717) is 35.0 Å². The highest BCUT2D eigenvalue weighted by Gasteiger charge is 2.38. The van der Waals surface area contributed by atoms with E-state index in [2.05, 4.69) is 0 Å². The summed E-state index contributed by atoms with van der Waals surface area (Å²) in [5, 5.41) is 11.9. The molecule has 0 aromatic heterocycles. The Morgan fingerprint density at radius 2 is 1.79 bits per heavy atom. The van der Waals surface area contributed by atoms with E-state index >= 15 is 0 Å². The lowest BCUT2D eigenvalue weighted by Crippen LogP contribution is -2.30. The van der Waals surface area contributed by atoms with E-state index in [9.17, 15) is 14.9 Å². The fraction of sp³-hybridized carbons (Fsp3) is 0.375. The van der Waals surface area contributed by atoms with Crippen LogP contribution in [-0.4, -0.2) is 44.2 Å². The van der Waals surface area contributed by atoms with Crippen molar-refractivity contribution in [1.82, 2.24) is 0 Å². The van der Waals surface area contributed by atoms with Gasteiger partial charge in [0, 0.05) is 6.07 Å². The number of carbonyl (C=O) groups is 1. The fourth-order valence-electron chi connectivity index (χ4n) is 4.16. The highest BCUT2D eigenvalue weighted by atomic mass is 16.6. The maximum atomic E-state index is 13.6. The number of nitro groups is 1. The SMILES string of the molecule is COc1cc2c(cc1OC)OCC(C(=O)c1c([N+](=O)[O-])cc3c(c1OC)C=CC(C)(C)O3)C2. The number of Topliss-reactive ketones (excluding diaryl/α,β-unsaturated/α-hetero) is 1. The van der Waals surface area contributed by atoms with Gasteiger partial charge in [0.15, 0.2) is 17.3 Å². The van der Waals surface area contributed by atoms with Gasteiger partial charge in [-0.25, -0.2) is 0 Å². The first-order chi connectivity index (χ1) is 15.7. The zero-order valence-corrected chi connectivity index (χ0v) is 19.1. The second-order valence-corrected chi connectivity index (χ2v) is 8.40. The number of nitro benzene ring substituents is 1. The molecule has 2 aromatic carbocycles. The molecule has 174 valence electrons. The standard InChI is InChI=1S/C24H25NO8/c1-24(2)7-6-15-18(33-24)10-16(25(27)28)21(23(15)31-5)22(26)14-8-13-9-19(29-3)20(30-4)11-17(13)32-12-14/h6-7,9-11,14H,8,12H2,1-5H3. The summed E-state index contributed by atoms with van der Waals surface area (Å²) >= 11 is 0. The summed E-state index contributed by atoms with van der Waals surface area (Å²) in [6.07, 6.45) is 3.91. The van der Waals surface area contributed by atoms with Crippen LogP contribution in [0.25, 0.3) is 6.08 Å². The van der Waals surface area contributed by atoms with Crippen molar-refractivity contribution >= 4 is 17.5 Å². The molecule has 0 aliphatic carbocycles. The van der Waals surface area contributed by atoms with E-state index in [1.807, 2.05) is 19.9 Å². The summed E-state index contributed by atoms with van der Waals surface area (Å²) in [5.74, 6) is 0.949. The van der Waals surface area contributed by atoms with Crippen LogP contribution in [-0.2, 0) is 6.42 Å². The number of hydrogen-bond donors (Lipinski definition) is 0. The van der Waals surface area contributed by atoms with Crippen molar-refractivity contribution in [3.05, 3.63) is 51.1 Å². The minimum absolute atomic E-state index is 0.0675. The molecule has 0 N–H and O–H groups in total. The molecule has 0 saturated heterocycles. The number of fused-ring (bicyclic) bond motifs is 2. The van der Waals surface area contributed by atoms with Gasteiger partial charge < -0.3 is 23.7 Å². The molecule has 1 atom stereocenters. The summed E-state index contributed by atoms with van der Waals surface area (Å²) in [6, 6.07) is 4.76. The first-order valence-electron chi connectivity index (χ1n) is 10.4. The van der Waals surface area contributed by atoms with Gasteiger partial charge in [-0.3, -0.25) is 14.9 Å². The molecule has 0 radical (unpaired) electrons. The van der Waals surface area contributed by atoms with Crippen LogP contribution in [0.15, 0.2) is 24.3 Å². The van der Waals surface area contributed by atoms with Crippen molar-refractivity contribution in [1.29, 1.82) is 0 Å². The third kappa shape index (κ3) is 3.94. The topological polar surface area (TPSA) is 106 Å². The van der Waals surface area contributed by atoms with Crippen LogP contribution < -0.4 is 23.7 Å². The first kappa shape index (κ1) is 22.4. The molecule has 9 nitrogen and oxygen atoms in total. The lowest BCUT2D eigenvalue weighted by Gasteiger charge is -2.30. The van der Waals surface area contributed by atoms with Gasteiger partial charge in [-0.05, 0) is 44.1 Å². The van der Waals surface area contributed by atoms with Gasteiger partial charge in [0.05, 0.1) is 50.4 Å². The predicted molar refractivity (Wildman–Crippen MR) is 120 cm³/mol. The van der Waals surface area contributed by atoms with Gasteiger partial charge in [-0.15, -0.1) is 0 Å². The molecule has 2 aliphatic heterocycles. The summed E-state index contributed by atoms with van der Waals surface area (Å²) in [7, 11) is 4.43. The van der Waals surface area contributed by atoms with Crippen LogP contribution in [0.4, 0.5) is 5.69 Å². The Balaban J connectivity index is 1.77. The smallest absolute Gasteiger partial charge is 0.287 e. The molecular weight excluding hydrogens is 430 g/mol. The number of rotatable bonds is 6. The Kier molecular flexibility index (Phi) is 5.65. The van der Waals surface area contributed by atoms with Crippen molar-refractivity contribution in [2.24, 2.45) is 5.92 Å². The van der Waals surface area contributed by atoms with E-state index in [4.69, 9.17) is 23.7 Å². The third-order valence-electron chi connectivity index (χ3n) is 5.78. The average molecular weight is 455 g/mol. The van der Waals surface area contributed by atoms with E-state index in [-0.39, 0.29) is 23.6 Å². The Bertz CT molecular complexity index is 1170. The van der Waals surface area contributed by atoms with Crippen LogP contribution in [0.3, 0.4) is 0 Å². The number of benzene rings is 2. The van der Waals surface area contributed by atoms with Gasteiger partial charge in [-0.2, -0.15) is 0 Å². The number of ether oxygens (including phenoxy) is 5. The van der Waals surface area contributed by atoms with Crippen LogP contribution in [0, 0.1) is 16.0 Å². The normalized spacial score (nSPS) is 17.7. The predicted octanol–water partition coefficient (Wildman–Crippen LogP) is 4.24. The third-order valence-corrected chi connectivity index (χ3v) is 5.78.